The summed E-state index contributed by atoms with van der Waals surface area (Å²) in [5.74, 6) is -1.51. The molecule has 2 heterocycles. The van der Waals surface area contributed by atoms with E-state index in [0.29, 0.717) is 13.2 Å². The van der Waals surface area contributed by atoms with Crippen molar-refractivity contribution in [3.05, 3.63) is 0 Å². The summed E-state index contributed by atoms with van der Waals surface area (Å²) >= 11 is 0. The first kappa shape index (κ1) is 16.1. The molecule has 120 valence electrons. The Morgan fingerprint density at radius 1 is 1.38 bits per heavy atom. The van der Waals surface area contributed by atoms with Crippen molar-refractivity contribution in [1.29, 1.82) is 0 Å². The SMILES string of the molecule is CCN(C(=O)N1CCCC(C)(C)C1)C1COCC1C(=O)O. The van der Waals surface area contributed by atoms with E-state index in [4.69, 9.17) is 4.74 Å². The van der Waals surface area contributed by atoms with Crippen LogP contribution in [-0.2, 0) is 9.53 Å². The zero-order valence-corrected chi connectivity index (χ0v) is 13.2. The van der Waals surface area contributed by atoms with E-state index in [1.54, 1.807) is 4.90 Å². The number of ether oxygens (including phenoxy) is 1. The highest BCUT2D eigenvalue weighted by molar-refractivity contribution is 5.77. The van der Waals surface area contributed by atoms with E-state index in [9.17, 15) is 14.7 Å². The average molecular weight is 298 g/mol. The van der Waals surface area contributed by atoms with Crippen LogP contribution in [0, 0.1) is 11.3 Å². The molecule has 2 unspecified atom stereocenters. The molecule has 2 atom stereocenters. The first-order valence-corrected chi connectivity index (χ1v) is 7.72. The first-order chi connectivity index (χ1) is 9.85. The molecule has 0 saturated carbocycles. The van der Waals surface area contributed by atoms with Gasteiger partial charge in [-0.2, -0.15) is 0 Å². The van der Waals surface area contributed by atoms with Crippen LogP contribution in [0.3, 0.4) is 0 Å². The molecular weight excluding hydrogens is 272 g/mol. The monoisotopic (exact) mass is 298 g/mol. The fraction of sp³-hybridized carbons (Fsp3) is 0.867. The van der Waals surface area contributed by atoms with Gasteiger partial charge < -0.3 is 19.6 Å². The smallest absolute Gasteiger partial charge is 0.320 e. The molecule has 0 aromatic rings. The van der Waals surface area contributed by atoms with Crippen molar-refractivity contribution in [3.8, 4) is 0 Å². The molecule has 6 nitrogen and oxygen atoms in total. The Labute approximate surface area is 126 Å². The Bertz CT molecular complexity index is 410. The number of carbonyl (C=O) groups is 2. The van der Waals surface area contributed by atoms with Crippen molar-refractivity contribution >= 4 is 12.0 Å². The fourth-order valence-corrected chi connectivity index (χ4v) is 3.37. The summed E-state index contributed by atoms with van der Waals surface area (Å²) < 4.78 is 5.30. The van der Waals surface area contributed by atoms with Crippen LogP contribution in [0.15, 0.2) is 0 Å². The van der Waals surface area contributed by atoms with Gasteiger partial charge in [0.2, 0.25) is 0 Å². The molecule has 6 heteroatoms. The largest absolute Gasteiger partial charge is 0.481 e. The minimum Gasteiger partial charge on any atom is -0.481 e. The van der Waals surface area contributed by atoms with Crippen molar-refractivity contribution < 1.29 is 19.4 Å². The third-order valence-corrected chi connectivity index (χ3v) is 4.53. The summed E-state index contributed by atoms with van der Waals surface area (Å²) in [7, 11) is 0. The van der Waals surface area contributed by atoms with Gasteiger partial charge in [0.05, 0.1) is 19.3 Å². The predicted octanol–water partition coefficient (Wildman–Crippen LogP) is 1.65. The number of likely N-dealkylation sites (tertiary alicyclic amines) is 1. The second-order valence-corrected chi connectivity index (χ2v) is 6.81. The van der Waals surface area contributed by atoms with Crippen molar-refractivity contribution in [3.63, 3.8) is 0 Å². The molecule has 21 heavy (non-hydrogen) atoms. The maximum absolute atomic E-state index is 12.8. The van der Waals surface area contributed by atoms with Gasteiger partial charge in [-0.05, 0) is 25.2 Å². The Kier molecular flexibility index (Phi) is 4.76. The summed E-state index contributed by atoms with van der Waals surface area (Å²) in [6.45, 7) is 8.72. The summed E-state index contributed by atoms with van der Waals surface area (Å²) in [5, 5.41) is 9.27. The van der Waals surface area contributed by atoms with E-state index in [2.05, 4.69) is 13.8 Å². The third kappa shape index (κ3) is 3.48. The van der Waals surface area contributed by atoms with Crippen LogP contribution in [0.2, 0.25) is 0 Å². The maximum Gasteiger partial charge on any atom is 0.320 e. The number of urea groups is 1. The van der Waals surface area contributed by atoms with Crippen molar-refractivity contribution in [1.82, 2.24) is 9.80 Å². The third-order valence-electron chi connectivity index (χ3n) is 4.53. The molecule has 0 spiro atoms. The molecule has 2 amide bonds. The number of likely N-dealkylation sites (N-methyl/N-ethyl adjacent to an activating group) is 1. The lowest BCUT2D eigenvalue weighted by Gasteiger charge is -2.41. The van der Waals surface area contributed by atoms with Gasteiger partial charge in [-0.25, -0.2) is 4.79 Å². The molecular formula is C15H26N2O4. The standard InChI is InChI=1S/C15H26N2O4/c1-4-17(12-9-21-8-11(12)13(18)19)14(20)16-7-5-6-15(2,3)10-16/h11-12H,4-10H2,1-3H3,(H,18,19). The average Bonchev–Trinajstić information content (AvgIpc) is 2.87. The summed E-state index contributed by atoms with van der Waals surface area (Å²) in [6.07, 6.45) is 2.12. The van der Waals surface area contributed by atoms with Crippen LogP contribution < -0.4 is 0 Å². The van der Waals surface area contributed by atoms with E-state index in [1.807, 2.05) is 11.8 Å². The van der Waals surface area contributed by atoms with Gasteiger partial charge in [0, 0.05) is 19.6 Å². The van der Waals surface area contributed by atoms with E-state index in [-0.39, 0.29) is 24.1 Å². The molecule has 2 fully saturated rings. The highest BCUT2D eigenvalue weighted by Crippen LogP contribution is 2.30. The van der Waals surface area contributed by atoms with Gasteiger partial charge in [0.15, 0.2) is 0 Å². The van der Waals surface area contributed by atoms with Crippen molar-refractivity contribution in [2.45, 2.75) is 39.7 Å². The molecule has 1 N–H and O–H groups in total. The van der Waals surface area contributed by atoms with Crippen LogP contribution in [0.4, 0.5) is 4.79 Å². The predicted molar refractivity (Wildman–Crippen MR) is 78.1 cm³/mol. The molecule has 2 rings (SSSR count). The molecule has 0 radical (unpaired) electrons. The van der Waals surface area contributed by atoms with Crippen molar-refractivity contribution in [2.24, 2.45) is 11.3 Å². The Morgan fingerprint density at radius 3 is 2.67 bits per heavy atom. The molecule has 0 aromatic heterocycles. The lowest BCUT2D eigenvalue weighted by Crippen LogP contribution is -2.54. The maximum atomic E-state index is 12.8. The van der Waals surface area contributed by atoms with Crippen LogP contribution in [0.25, 0.3) is 0 Å². The molecule has 0 aromatic carbocycles. The second kappa shape index (κ2) is 6.22. The van der Waals surface area contributed by atoms with Gasteiger partial charge in [-0.1, -0.05) is 13.8 Å². The number of carboxylic acids is 1. The minimum atomic E-state index is -0.886. The number of carboxylic acid groups (broad SMARTS) is 1. The van der Waals surface area contributed by atoms with E-state index >= 15 is 0 Å². The molecule has 2 aliphatic rings. The summed E-state index contributed by atoms with van der Waals surface area (Å²) in [5.41, 5.74) is 0.131. The summed E-state index contributed by atoms with van der Waals surface area (Å²) in [6, 6.07) is -0.405. The van der Waals surface area contributed by atoms with Crippen molar-refractivity contribution in [2.75, 3.05) is 32.8 Å². The highest BCUT2D eigenvalue weighted by atomic mass is 16.5. The number of rotatable bonds is 3. The van der Waals surface area contributed by atoms with Crippen LogP contribution in [0.1, 0.15) is 33.6 Å². The number of piperidine rings is 1. The quantitative estimate of drug-likeness (QED) is 0.860. The van der Waals surface area contributed by atoms with E-state index in [0.717, 1.165) is 25.9 Å². The van der Waals surface area contributed by atoms with Gasteiger partial charge >= 0.3 is 12.0 Å². The number of hydrogen-bond acceptors (Lipinski definition) is 3. The number of nitrogens with zero attached hydrogens (tertiary/aromatic N) is 2. The van der Waals surface area contributed by atoms with Crippen LogP contribution in [-0.4, -0.2) is 65.8 Å². The first-order valence-electron chi connectivity index (χ1n) is 7.72. The highest BCUT2D eigenvalue weighted by Gasteiger charge is 2.41. The van der Waals surface area contributed by atoms with E-state index < -0.39 is 11.9 Å². The van der Waals surface area contributed by atoms with Crippen LogP contribution in [0.5, 0.6) is 0 Å². The lowest BCUT2D eigenvalue weighted by atomic mass is 9.84. The van der Waals surface area contributed by atoms with Crippen LogP contribution >= 0.6 is 0 Å². The van der Waals surface area contributed by atoms with Gasteiger partial charge in [-0.15, -0.1) is 0 Å². The molecule has 2 saturated heterocycles. The minimum absolute atomic E-state index is 0.0491. The number of amides is 2. The van der Waals surface area contributed by atoms with E-state index in [1.165, 1.54) is 0 Å². The normalized spacial score (nSPS) is 28.4. The molecule has 0 bridgehead atoms. The molecule has 0 aliphatic carbocycles. The topological polar surface area (TPSA) is 70.1 Å². The summed E-state index contributed by atoms with van der Waals surface area (Å²) in [4.78, 5) is 27.6. The fourth-order valence-electron chi connectivity index (χ4n) is 3.37. The number of carbonyl (C=O) groups excluding carboxylic acids is 1. The zero-order chi connectivity index (χ0) is 15.6. The Hall–Kier alpha value is -1.30. The van der Waals surface area contributed by atoms with Gasteiger partial charge in [0.1, 0.15) is 5.92 Å². The Balaban J connectivity index is 2.09. The lowest BCUT2D eigenvalue weighted by molar-refractivity contribution is -0.142. The number of aliphatic carboxylic acids is 1. The Morgan fingerprint density at radius 2 is 2.10 bits per heavy atom. The van der Waals surface area contributed by atoms with Gasteiger partial charge in [-0.3, -0.25) is 4.79 Å². The molecule has 2 aliphatic heterocycles. The second-order valence-electron chi connectivity index (χ2n) is 6.81. The van der Waals surface area contributed by atoms with Gasteiger partial charge in [0.25, 0.3) is 0 Å². The zero-order valence-electron chi connectivity index (χ0n) is 13.2. The number of hydrogen-bond donors (Lipinski definition) is 1.